The van der Waals surface area contributed by atoms with Crippen LogP contribution in [0, 0.1) is 12.7 Å². The minimum absolute atomic E-state index is 0.123. The second-order valence-corrected chi connectivity index (χ2v) is 2.60. The van der Waals surface area contributed by atoms with Crippen molar-refractivity contribution in [3.63, 3.8) is 0 Å². The van der Waals surface area contributed by atoms with Gasteiger partial charge in [0, 0.05) is 5.30 Å². The highest BCUT2D eigenvalue weighted by atomic mass is 31.0. The molecule has 2 heteroatoms. The Morgan fingerprint density at radius 1 is 1.44 bits per heavy atom. The molecule has 1 atom stereocenters. The Bertz CT molecular complexity index is 200. The van der Waals surface area contributed by atoms with Crippen LogP contribution in [0.1, 0.15) is 5.56 Å². The summed E-state index contributed by atoms with van der Waals surface area (Å²) >= 11 is 0. The van der Waals surface area contributed by atoms with Crippen LogP contribution in [-0.2, 0) is 0 Å². The molecule has 0 nitrogen and oxygen atoms in total. The predicted octanol–water partition coefficient (Wildman–Crippen LogP) is 1.63. The van der Waals surface area contributed by atoms with Gasteiger partial charge in [-0.25, -0.2) is 4.39 Å². The van der Waals surface area contributed by atoms with E-state index in [4.69, 9.17) is 0 Å². The van der Waals surface area contributed by atoms with E-state index in [1.807, 2.05) is 6.07 Å². The molecule has 0 saturated heterocycles. The number of hydrogen-bond acceptors (Lipinski definition) is 0. The minimum atomic E-state index is -0.123. The van der Waals surface area contributed by atoms with Crippen LogP contribution in [0.25, 0.3) is 0 Å². The summed E-state index contributed by atoms with van der Waals surface area (Å²) in [7, 11) is 2.35. The molecule has 0 bridgehead atoms. The summed E-state index contributed by atoms with van der Waals surface area (Å²) in [6.45, 7) is 1.75. The molecule has 0 aliphatic rings. The summed E-state index contributed by atoms with van der Waals surface area (Å²) in [5.74, 6) is -0.123. The molecule has 9 heavy (non-hydrogen) atoms. The van der Waals surface area contributed by atoms with Crippen LogP contribution in [0.3, 0.4) is 0 Å². The van der Waals surface area contributed by atoms with E-state index in [1.54, 1.807) is 19.1 Å². The van der Waals surface area contributed by atoms with Crippen LogP contribution in [0.4, 0.5) is 4.39 Å². The molecular formula is C7H8FP. The normalized spacial score (nSPS) is 9.67. The fourth-order valence-corrected chi connectivity index (χ4v) is 1.01. The van der Waals surface area contributed by atoms with Gasteiger partial charge in [0.15, 0.2) is 0 Å². The molecule has 1 aromatic rings. The quantitative estimate of drug-likeness (QED) is 0.483. The lowest BCUT2D eigenvalue weighted by Crippen LogP contribution is -1.98. The first-order chi connectivity index (χ1) is 4.22. The van der Waals surface area contributed by atoms with Crippen LogP contribution in [0.2, 0.25) is 0 Å². The second kappa shape index (κ2) is 2.45. The molecule has 0 spiro atoms. The highest BCUT2D eigenvalue weighted by molar-refractivity contribution is 7.27. The number of halogens is 1. The maximum atomic E-state index is 12.7. The molecule has 0 amide bonds. The van der Waals surface area contributed by atoms with E-state index in [0.29, 0.717) is 10.9 Å². The lowest BCUT2D eigenvalue weighted by molar-refractivity contribution is 0.627. The van der Waals surface area contributed by atoms with Gasteiger partial charge in [-0.1, -0.05) is 18.2 Å². The third-order valence-corrected chi connectivity index (χ3v) is 1.67. The van der Waals surface area contributed by atoms with Crippen LogP contribution < -0.4 is 5.30 Å². The zero-order valence-electron chi connectivity index (χ0n) is 5.19. The smallest absolute Gasteiger partial charge is 0.133 e. The first-order valence-corrected chi connectivity index (χ1v) is 3.30. The van der Waals surface area contributed by atoms with Crippen LogP contribution in [0.15, 0.2) is 18.2 Å². The molecule has 0 radical (unpaired) electrons. The van der Waals surface area contributed by atoms with Crippen molar-refractivity contribution < 1.29 is 4.39 Å². The SMILES string of the molecule is Cc1cccc(P)c1F. The van der Waals surface area contributed by atoms with E-state index in [0.717, 1.165) is 0 Å². The molecule has 0 aliphatic heterocycles. The van der Waals surface area contributed by atoms with Crippen molar-refractivity contribution >= 4 is 14.5 Å². The van der Waals surface area contributed by atoms with Gasteiger partial charge in [0.25, 0.3) is 0 Å². The van der Waals surface area contributed by atoms with Crippen molar-refractivity contribution in [2.24, 2.45) is 0 Å². The van der Waals surface area contributed by atoms with E-state index < -0.39 is 0 Å². The average Bonchev–Trinajstić information content (AvgIpc) is 1.83. The molecule has 1 rings (SSSR count). The van der Waals surface area contributed by atoms with Gasteiger partial charge in [0.2, 0.25) is 0 Å². The molecule has 48 valence electrons. The Balaban J connectivity index is 3.25. The molecule has 0 fully saturated rings. The third kappa shape index (κ3) is 1.28. The van der Waals surface area contributed by atoms with Gasteiger partial charge in [-0.3, -0.25) is 0 Å². The first kappa shape index (κ1) is 6.70. The Morgan fingerprint density at radius 2 is 2.11 bits per heavy atom. The fourth-order valence-electron chi connectivity index (χ4n) is 0.670. The minimum Gasteiger partial charge on any atom is -0.206 e. The first-order valence-electron chi connectivity index (χ1n) is 2.72. The van der Waals surface area contributed by atoms with Gasteiger partial charge >= 0.3 is 0 Å². The van der Waals surface area contributed by atoms with Crippen LogP contribution in [0.5, 0.6) is 0 Å². The van der Waals surface area contributed by atoms with Gasteiger partial charge in [-0.05, 0) is 12.5 Å². The van der Waals surface area contributed by atoms with E-state index in [2.05, 4.69) is 9.24 Å². The molecule has 0 heterocycles. The molecule has 0 aliphatic carbocycles. The van der Waals surface area contributed by atoms with Crippen molar-refractivity contribution in [3.8, 4) is 0 Å². The number of rotatable bonds is 0. The Hall–Kier alpha value is -0.420. The molecule has 0 saturated carbocycles. The van der Waals surface area contributed by atoms with Gasteiger partial charge < -0.3 is 0 Å². The van der Waals surface area contributed by atoms with Crippen LogP contribution >= 0.6 is 9.24 Å². The van der Waals surface area contributed by atoms with Crippen molar-refractivity contribution in [3.05, 3.63) is 29.6 Å². The number of benzene rings is 1. The molecule has 1 aromatic carbocycles. The van der Waals surface area contributed by atoms with Crippen molar-refractivity contribution in [1.82, 2.24) is 0 Å². The molecular weight excluding hydrogens is 134 g/mol. The second-order valence-electron chi connectivity index (χ2n) is 1.98. The fraction of sp³-hybridized carbons (Fsp3) is 0.143. The summed E-state index contributed by atoms with van der Waals surface area (Å²) in [4.78, 5) is 0. The van der Waals surface area contributed by atoms with Gasteiger partial charge in [0.05, 0.1) is 0 Å². The van der Waals surface area contributed by atoms with Gasteiger partial charge in [0.1, 0.15) is 5.82 Å². The maximum Gasteiger partial charge on any atom is 0.133 e. The summed E-state index contributed by atoms with van der Waals surface area (Å²) in [5.41, 5.74) is 0.697. The Kier molecular flexibility index (Phi) is 1.82. The molecule has 1 unspecified atom stereocenters. The number of aryl methyl sites for hydroxylation is 1. The van der Waals surface area contributed by atoms with E-state index in [1.165, 1.54) is 0 Å². The summed E-state index contributed by atoms with van der Waals surface area (Å²) in [5, 5.41) is 0.634. The third-order valence-electron chi connectivity index (χ3n) is 1.22. The van der Waals surface area contributed by atoms with Gasteiger partial charge in [-0.2, -0.15) is 0 Å². The summed E-state index contributed by atoms with van der Waals surface area (Å²) in [6, 6.07) is 5.32. The van der Waals surface area contributed by atoms with E-state index >= 15 is 0 Å². The van der Waals surface area contributed by atoms with Crippen molar-refractivity contribution in [2.75, 3.05) is 0 Å². The van der Waals surface area contributed by atoms with Crippen LogP contribution in [-0.4, -0.2) is 0 Å². The Labute approximate surface area is 56.3 Å². The van der Waals surface area contributed by atoms with Crippen molar-refractivity contribution in [1.29, 1.82) is 0 Å². The molecule has 0 aromatic heterocycles. The highest BCUT2D eigenvalue weighted by Crippen LogP contribution is 2.03. The highest BCUT2D eigenvalue weighted by Gasteiger charge is 1.96. The molecule has 0 N–H and O–H groups in total. The zero-order chi connectivity index (χ0) is 6.85. The summed E-state index contributed by atoms with van der Waals surface area (Å²) in [6.07, 6.45) is 0. The zero-order valence-corrected chi connectivity index (χ0v) is 6.34. The predicted molar refractivity (Wildman–Crippen MR) is 40.5 cm³/mol. The lowest BCUT2D eigenvalue weighted by Gasteiger charge is -1.96. The standard InChI is InChI=1S/C7H8FP/c1-5-3-2-4-6(9)7(5)8/h2-4H,9H2,1H3. The summed E-state index contributed by atoms with van der Waals surface area (Å²) < 4.78 is 12.7. The van der Waals surface area contributed by atoms with E-state index in [-0.39, 0.29) is 5.82 Å². The average molecular weight is 142 g/mol. The van der Waals surface area contributed by atoms with Gasteiger partial charge in [-0.15, -0.1) is 9.24 Å². The topological polar surface area (TPSA) is 0 Å². The van der Waals surface area contributed by atoms with Crippen molar-refractivity contribution in [2.45, 2.75) is 6.92 Å². The lowest BCUT2D eigenvalue weighted by atomic mass is 10.2. The van der Waals surface area contributed by atoms with E-state index in [9.17, 15) is 4.39 Å². The monoisotopic (exact) mass is 142 g/mol. The maximum absolute atomic E-state index is 12.7. The number of hydrogen-bond donors (Lipinski definition) is 0. The Morgan fingerprint density at radius 3 is 2.56 bits per heavy atom. The largest absolute Gasteiger partial charge is 0.206 e.